The van der Waals surface area contributed by atoms with Gasteiger partial charge in [-0.3, -0.25) is 28.8 Å². The highest BCUT2D eigenvalue weighted by Gasteiger charge is 2.44. The summed E-state index contributed by atoms with van der Waals surface area (Å²) < 4.78 is 70.9. The Balaban J connectivity index is 1.99. The number of ether oxygens (including phenoxy) is 10. The summed E-state index contributed by atoms with van der Waals surface area (Å²) in [5.74, 6) is -2.49. The van der Waals surface area contributed by atoms with Crippen molar-refractivity contribution in [3.05, 3.63) is 109 Å². The van der Waals surface area contributed by atoms with E-state index in [0.717, 1.165) is 0 Å². The number of carbonyl (C=O) groups excluding carboxylic acids is 6. The molecule has 3 rings (SSSR count). The third kappa shape index (κ3) is 31.2. The van der Waals surface area contributed by atoms with Crippen LogP contribution in [0.4, 0.5) is 0 Å². The molecule has 588 valence electrons. The molecule has 0 radical (unpaired) electrons. The number of nitrogens with zero attached hydrogens (tertiary/aromatic N) is 4. The molecule has 18 atom stereocenters. The molecule has 0 saturated carbocycles. The van der Waals surface area contributed by atoms with Crippen LogP contribution in [0.3, 0.4) is 0 Å². The number of amides is 2. The number of aliphatic hydroxyl groups excluding tert-OH is 4. The zero-order valence-electron chi connectivity index (χ0n) is 64.9. The first kappa shape index (κ1) is 91.8. The number of allylic oxidation sites excluding steroid dienone is 4. The first-order valence-electron chi connectivity index (χ1n) is 36.0. The summed E-state index contributed by atoms with van der Waals surface area (Å²) in [5, 5.41) is 47.1. The predicted molar refractivity (Wildman–Crippen MR) is 390 cm³/mol. The fraction of sp³-hybridized carbons (Fsp3) is 0.692. The van der Waals surface area contributed by atoms with Gasteiger partial charge in [0.05, 0.1) is 86.7 Å². The second-order valence-electron chi connectivity index (χ2n) is 28.5. The smallest absolute Gasteiger partial charge is 0.308 e. The van der Waals surface area contributed by atoms with Gasteiger partial charge in [0.15, 0.2) is 11.8 Å². The number of methoxy groups -OCH3 is 8. The summed E-state index contributed by atoms with van der Waals surface area (Å²) in [6.45, 7) is 14.6. The normalized spacial score (nSPS) is 26.9. The van der Waals surface area contributed by atoms with Crippen molar-refractivity contribution in [1.29, 1.82) is 0 Å². The van der Waals surface area contributed by atoms with Crippen molar-refractivity contribution in [3.8, 4) is 0 Å². The van der Waals surface area contributed by atoms with Gasteiger partial charge in [-0.2, -0.15) is 0 Å². The number of aliphatic hydroxyl groups is 4. The molecule has 1 aliphatic heterocycles. The van der Waals surface area contributed by atoms with Gasteiger partial charge in [0.1, 0.15) is 59.9 Å². The fourth-order valence-electron chi connectivity index (χ4n) is 12.4. The summed E-state index contributed by atoms with van der Waals surface area (Å²) >= 11 is 0. The van der Waals surface area contributed by atoms with Crippen LogP contribution in [0.25, 0.3) is 0 Å². The van der Waals surface area contributed by atoms with Gasteiger partial charge in [0.25, 0.3) is 0 Å². The predicted octanol–water partition coefficient (Wildman–Crippen LogP) is 9.82. The third-order valence-corrected chi connectivity index (χ3v) is 20.2. The van der Waals surface area contributed by atoms with Crippen LogP contribution in [-0.4, -0.2) is 221 Å². The summed E-state index contributed by atoms with van der Waals surface area (Å²) in [6, 6.07) is 0. The van der Waals surface area contributed by atoms with Gasteiger partial charge in [0.2, 0.25) is 12.8 Å². The molecule has 0 aromatic carbocycles. The Morgan fingerprint density at radius 2 is 0.904 bits per heavy atom. The van der Waals surface area contributed by atoms with Crippen molar-refractivity contribution < 1.29 is 105 Å². The molecule has 2 amide bonds. The molecule has 26 nitrogen and oxygen atoms in total. The first-order chi connectivity index (χ1) is 49.4. The van der Waals surface area contributed by atoms with Crippen LogP contribution in [0.5, 0.6) is 0 Å². The Hall–Kier alpha value is -6.40. The summed E-state index contributed by atoms with van der Waals surface area (Å²) in [5.41, 5.74) is -1.47. The van der Waals surface area contributed by atoms with Crippen LogP contribution in [0.1, 0.15) is 181 Å². The van der Waals surface area contributed by atoms with Crippen molar-refractivity contribution in [1.82, 2.24) is 19.8 Å². The van der Waals surface area contributed by atoms with Gasteiger partial charge >= 0.3 is 11.9 Å². The molecule has 0 saturated heterocycles. The highest BCUT2D eigenvalue weighted by atomic mass is 16.6. The zero-order chi connectivity index (χ0) is 77.7. The monoisotopic (exact) mass is 1470 g/mol. The molecular formula is C78H124N4O22. The number of hydrogen-bond acceptors (Lipinski definition) is 24. The minimum atomic E-state index is -1.21. The van der Waals surface area contributed by atoms with Gasteiger partial charge in [-0.15, -0.1) is 0 Å². The molecule has 26 heteroatoms. The Kier molecular flexibility index (Phi) is 42.4. The maximum absolute atomic E-state index is 14.1. The van der Waals surface area contributed by atoms with E-state index in [9.17, 15) is 49.2 Å². The van der Waals surface area contributed by atoms with Crippen LogP contribution in [0, 0.1) is 34.5 Å². The van der Waals surface area contributed by atoms with Gasteiger partial charge in [-0.05, 0) is 50.4 Å². The molecule has 2 aromatic heterocycles. The maximum atomic E-state index is 14.1. The number of aromatic nitrogens is 2. The highest BCUT2D eigenvalue weighted by Crippen LogP contribution is 2.38. The maximum Gasteiger partial charge on any atom is 0.308 e. The Bertz CT molecular complexity index is 2810. The van der Waals surface area contributed by atoms with E-state index in [2.05, 4.69) is 0 Å². The SMILES string of the molecule is CO[C@H]1C/C=C/C=C/[C@H](OC)C[C@H](O)CC(=O)O[C@@H](C[C@H](OC)[C@@H](C)CCC(=O)[C@H](C)[C@@H](C/C=C/N(C)C=O)OC)C(C)(C)[C@@H](O)Cc2nc(co2)[C@@H](OC)C/C=C/C=C/[C@H](OC)C[C@H](O)CC(=O)O[C@@H](C[C@H](OC)[C@@H](C)CCC(=O)[C@H](C)[C@@H](C/C=C/N(C)C=O)OC)C(C)(C)[C@@H](O)Cc2nc1co2. The van der Waals surface area contributed by atoms with E-state index in [-0.39, 0.29) is 86.6 Å². The van der Waals surface area contributed by atoms with Crippen molar-refractivity contribution in [3.63, 3.8) is 0 Å². The van der Waals surface area contributed by atoms with Crippen LogP contribution >= 0.6 is 0 Å². The second-order valence-corrected chi connectivity index (χ2v) is 28.5. The zero-order valence-corrected chi connectivity index (χ0v) is 64.9. The molecule has 4 bridgehead atoms. The van der Waals surface area contributed by atoms with Crippen LogP contribution in [0.15, 0.2) is 94.5 Å². The fourth-order valence-corrected chi connectivity index (χ4v) is 12.4. The number of oxazole rings is 2. The standard InChI is InChI=1S/C78H124N4O22/c1-51(33-35-61(87)53(3)63(95-13)31-25-37-81(9)49-83)67(99-17)43-71-77(5,6)69(89)45-73-79-59(47-101-73)65(97-15)29-23-20-22-28-58(94-12)40-56(86)42-76(92)104-72(44-68(100-18)52(2)34-36-62(88)54(4)64(96-14)32-26-38-82(10)50-84)78(7,8)70(90)46-74-80-60(48-102-74)66(98-16)30-24-19-21-27-57(93-11)39-55(85)41-75(91)103-71/h19-28,37-38,47-58,63-72,85-86,89-90H,29-36,39-46H2,1-18H3/b23-20+,24-19+,27-21+,28-22+,37-25+,38-26+/t51-,52-,53-,54-,55-,56-,57-,58-,63+,64+,65-,66-,67-,68-,69-,70-,71-,72-/m0/s1. The van der Waals surface area contributed by atoms with Gasteiger partial charge in [0, 0.05) is 145 Å². The Morgan fingerprint density at radius 3 is 1.22 bits per heavy atom. The van der Waals surface area contributed by atoms with Crippen molar-refractivity contribution in [2.24, 2.45) is 34.5 Å². The lowest BCUT2D eigenvalue weighted by Crippen LogP contribution is -2.46. The molecule has 1 aliphatic rings. The van der Waals surface area contributed by atoms with Crippen LogP contribution in [0.2, 0.25) is 0 Å². The molecular weight excluding hydrogens is 1340 g/mol. The molecule has 4 N–H and O–H groups in total. The molecule has 0 spiro atoms. The van der Waals surface area contributed by atoms with Crippen LogP contribution in [-0.2, 0) is 89.0 Å². The minimum Gasteiger partial charge on any atom is -0.462 e. The molecule has 0 fully saturated rings. The van der Waals surface area contributed by atoms with E-state index in [1.807, 2.05) is 39.8 Å². The lowest BCUT2D eigenvalue weighted by Gasteiger charge is -2.40. The van der Waals surface area contributed by atoms with Crippen molar-refractivity contribution in [2.75, 3.05) is 71.0 Å². The lowest BCUT2D eigenvalue weighted by molar-refractivity contribution is -0.169. The van der Waals surface area contributed by atoms with E-state index in [0.29, 0.717) is 62.7 Å². The van der Waals surface area contributed by atoms with Crippen LogP contribution < -0.4 is 0 Å². The third-order valence-electron chi connectivity index (χ3n) is 20.2. The van der Waals surface area contributed by atoms with Gasteiger partial charge in [-0.25, -0.2) is 9.97 Å². The number of hydrogen-bond donors (Lipinski definition) is 4. The van der Waals surface area contributed by atoms with Crippen molar-refractivity contribution in [2.45, 2.75) is 244 Å². The summed E-state index contributed by atoms with van der Waals surface area (Å²) in [6.07, 6.45) is 16.1. The molecule has 2 aromatic rings. The van der Waals surface area contributed by atoms with E-state index in [4.69, 9.17) is 66.2 Å². The van der Waals surface area contributed by atoms with Gasteiger partial charge in [-0.1, -0.05) is 116 Å². The largest absolute Gasteiger partial charge is 0.462 e. The molecule has 3 heterocycles. The first-order valence-corrected chi connectivity index (χ1v) is 36.0. The number of fused-ring (bicyclic) bond motifs is 4. The molecule has 0 aliphatic carbocycles. The Morgan fingerprint density at radius 1 is 0.548 bits per heavy atom. The van der Waals surface area contributed by atoms with E-state index in [1.165, 1.54) is 65.0 Å². The van der Waals surface area contributed by atoms with Crippen molar-refractivity contribution >= 4 is 36.3 Å². The molecule has 0 unspecified atom stereocenters. The number of carbonyl (C=O) groups is 6. The van der Waals surface area contributed by atoms with E-state index >= 15 is 0 Å². The minimum absolute atomic E-state index is 0.0193. The molecule has 104 heavy (non-hydrogen) atoms. The number of cyclic esters (lactones) is 2. The van der Waals surface area contributed by atoms with E-state index < -0.39 is 133 Å². The summed E-state index contributed by atoms with van der Waals surface area (Å²) in [7, 11) is 15.4. The van der Waals surface area contributed by atoms with E-state index in [1.54, 1.807) is 117 Å². The number of rotatable bonds is 32. The topological polar surface area (TPSA) is 334 Å². The average molecular weight is 1470 g/mol. The number of ketones is 2. The Labute approximate surface area is 616 Å². The second kappa shape index (κ2) is 48.0. The quantitative estimate of drug-likeness (QED) is 0.0391. The number of Topliss-reactive ketones (excluding diaryl/α,β-unsaturated/α-hetero) is 2. The number of esters is 2. The lowest BCUT2D eigenvalue weighted by atomic mass is 9.75. The summed E-state index contributed by atoms with van der Waals surface area (Å²) in [4.78, 5) is 89.7. The van der Waals surface area contributed by atoms with Gasteiger partial charge < -0.3 is 86.4 Å². The highest BCUT2D eigenvalue weighted by molar-refractivity contribution is 5.81. The average Bonchev–Trinajstić information content (AvgIpc) is 1.15.